The van der Waals surface area contributed by atoms with E-state index in [1.807, 2.05) is 30.3 Å². The number of carbonyl (C=O) groups excluding carboxylic acids is 1. The Labute approximate surface area is 219 Å². The minimum Gasteiger partial charge on any atom is -0.356 e. The first kappa shape index (κ1) is 26.0. The van der Waals surface area contributed by atoms with Crippen LogP contribution in [0.25, 0.3) is 11.0 Å². The Morgan fingerprint density at radius 2 is 1.64 bits per heavy atom. The van der Waals surface area contributed by atoms with Crippen LogP contribution in [-0.2, 0) is 29.6 Å². The van der Waals surface area contributed by atoms with E-state index in [1.165, 1.54) is 16.6 Å². The Kier molecular flexibility index (Phi) is 8.48. The van der Waals surface area contributed by atoms with Crippen LogP contribution in [-0.4, -0.2) is 22.0 Å². The Balaban J connectivity index is 1.31. The minimum atomic E-state index is 0.0161. The number of nitrogens with zero attached hydrogens (tertiary/aromatic N) is 2. The second-order valence-corrected chi connectivity index (χ2v) is 10.9. The average Bonchev–Trinajstić information content (AvgIpc) is 3.19. The van der Waals surface area contributed by atoms with Crippen molar-refractivity contribution in [2.75, 3.05) is 6.54 Å². The third kappa shape index (κ3) is 6.76. The van der Waals surface area contributed by atoms with E-state index < -0.39 is 0 Å². The van der Waals surface area contributed by atoms with Crippen LogP contribution in [0.5, 0.6) is 0 Å². The molecule has 0 fully saturated rings. The van der Waals surface area contributed by atoms with Crippen LogP contribution in [0.1, 0.15) is 62.5 Å². The molecule has 1 amide bonds. The second kappa shape index (κ2) is 11.7. The molecule has 0 radical (unpaired) electrons. The summed E-state index contributed by atoms with van der Waals surface area (Å²) in [5.41, 5.74) is 5.88. The lowest BCUT2D eigenvalue weighted by Crippen LogP contribution is -2.26. The van der Waals surface area contributed by atoms with Gasteiger partial charge in [0.25, 0.3) is 0 Å². The summed E-state index contributed by atoms with van der Waals surface area (Å²) in [5, 5.41) is 3.66. The largest absolute Gasteiger partial charge is 0.356 e. The van der Waals surface area contributed by atoms with Crippen molar-refractivity contribution >= 4 is 28.5 Å². The summed E-state index contributed by atoms with van der Waals surface area (Å²) in [7, 11) is 0. The van der Waals surface area contributed by atoms with Gasteiger partial charge < -0.3 is 9.88 Å². The SMILES string of the molecule is CC(C)(C)c1ccc(Cn2c(CCCCCNC(=O)Cc3ccccc3Cl)nc3ccccc32)cc1. The highest BCUT2D eigenvalue weighted by Crippen LogP contribution is 2.24. The highest BCUT2D eigenvalue weighted by atomic mass is 35.5. The van der Waals surface area contributed by atoms with Crippen LogP contribution in [0.15, 0.2) is 72.8 Å². The van der Waals surface area contributed by atoms with E-state index >= 15 is 0 Å². The van der Waals surface area contributed by atoms with Gasteiger partial charge in [0, 0.05) is 24.5 Å². The maximum Gasteiger partial charge on any atom is 0.224 e. The van der Waals surface area contributed by atoms with Gasteiger partial charge in [0.1, 0.15) is 5.82 Å². The summed E-state index contributed by atoms with van der Waals surface area (Å²) >= 11 is 6.16. The smallest absolute Gasteiger partial charge is 0.224 e. The Morgan fingerprint density at radius 1 is 0.917 bits per heavy atom. The quantitative estimate of drug-likeness (QED) is 0.235. The van der Waals surface area contributed by atoms with Crippen LogP contribution in [0.3, 0.4) is 0 Å². The molecule has 0 unspecified atom stereocenters. The number of carbonyl (C=O) groups is 1. The van der Waals surface area contributed by atoms with Crippen molar-refractivity contribution in [2.24, 2.45) is 0 Å². The van der Waals surface area contributed by atoms with Crippen molar-refractivity contribution in [1.29, 1.82) is 0 Å². The number of unbranched alkanes of at least 4 members (excludes halogenated alkanes) is 2. The van der Waals surface area contributed by atoms with Crippen LogP contribution in [0.4, 0.5) is 0 Å². The number of fused-ring (bicyclic) bond motifs is 1. The molecule has 0 aliphatic heterocycles. The van der Waals surface area contributed by atoms with Gasteiger partial charge in [-0.3, -0.25) is 4.79 Å². The Morgan fingerprint density at radius 3 is 2.39 bits per heavy atom. The summed E-state index contributed by atoms with van der Waals surface area (Å²) in [6.45, 7) is 8.23. The number of halogens is 1. The number of para-hydroxylation sites is 2. The van der Waals surface area contributed by atoms with Gasteiger partial charge in [-0.2, -0.15) is 0 Å². The van der Waals surface area contributed by atoms with Crippen molar-refractivity contribution < 1.29 is 4.79 Å². The van der Waals surface area contributed by atoms with Crippen molar-refractivity contribution in [3.05, 3.63) is 100 Å². The first-order valence-electron chi connectivity index (χ1n) is 12.8. The number of aromatic nitrogens is 2. The fourth-order valence-electron chi connectivity index (χ4n) is 4.48. The topological polar surface area (TPSA) is 46.9 Å². The number of aryl methyl sites for hydroxylation is 1. The monoisotopic (exact) mass is 501 g/mol. The molecule has 0 spiro atoms. The molecule has 0 saturated carbocycles. The first-order chi connectivity index (χ1) is 17.3. The normalized spacial score (nSPS) is 11.7. The molecule has 1 aromatic heterocycles. The molecule has 0 atom stereocenters. The molecule has 4 aromatic rings. The lowest BCUT2D eigenvalue weighted by Gasteiger charge is -2.19. The zero-order valence-corrected chi connectivity index (χ0v) is 22.3. The van der Waals surface area contributed by atoms with E-state index in [4.69, 9.17) is 16.6 Å². The van der Waals surface area contributed by atoms with E-state index in [-0.39, 0.29) is 11.3 Å². The number of imidazole rings is 1. The van der Waals surface area contributed by atoms with Gasteiger partial charge in [0.15, 0.2) is 0 Å². The zero-order valence-electron chi connectivity index (χ0n) is 21.6. The van der Waals surface area contributed by atoms with Crippen molar-refractivity contribution in [2.45, 2.75) is 64.8 Å². The Hall–Kier alpha value is -3.11. The van der Waals surface area contributed by atoms with Crippen LogP contribution < -0.4 is 5.32 Å². The van der Waals surface area contributed by atoms with Crippen molar-refractivity contribution in [3.63, 3.8) is 0 Å². The van der Waals surface area contributed by atoms with E-state index in [2.05, 4.69) is 73.1 Å². The van der Waals surface area contributed by atoms with Gasteiger partial charge in [0.2, 0.25) is 5.91 Å². The molecule has 36 heavy (non-hydrogen) atoms. The average molecular weight is 502 g/mol. The maximum absolute atomic E-state index is 12.2. The molecule has 1 N–H and O–H groups in total. The lowest BCUT2D eigenvalue weighted by molar-refractivity contribution is -0.120. The molecule has 4 nitrogen and oxygen atoms in total. The molecule has 1 heterocycles. The third-order valence-electron chi connectivity index (χ3n) is 6.60. The molecule has 4 rings (SSSR count). The summed E-state index contributed by atoms with van der Waals surface area (Å²) in [5.74, 6) is 1.14. The Bertz CT molecular complexity index is 1300. The summed E-state index contributed by atoms with van der Waals surface area (Å²) in [6.07, 6.45) is 4.26. The molecule has 3 aromatic carbocycles. The summed E-state index contributed by atoms with van der Waals surface area (Å²) in [4.78, 5) is 17.2. The predicted molar refractivity (Wildman–Crippen MR) is 150 cm³/mol. The van der Waals surface area contributed by atoms with Crippen molar-refractivity contribution in [3.8, 4) is 0 Å². The van der Waals surface area contributed by atoms with Crippen LogP contribution in [0.2, 0.25) is 5.02 Å². The van der Waals surface area contributed by atoms with Gasteiger partial charge in [-0.1, -0.05) is 93.4 Å². The number of nitrogens with one attached hydrogen (secondary N) is 1. The molecule has 0 saturated heterocycles. The van der Waals surface area contributed by atoms with Gasteiger partial charge in [0.05, 0.1) is 17.5 Å². The second-order valence-electron chi connectivity index (χ2n) is 10.5. The van der Waals surface area contributed by atoms with Gasteiger partial charge in [-0.25, -0.2) is 4.98 Å². The van der Waals surface area contributed by atoms with E-state index in [9.17, 15) is 4.79 Å². The van der Waals surface area contributed by atoms with Gasteiger partial charge in [-0.05, 0) is 53.1 Å². The standard InChI is InChI=1S/C31H36ClN3O/c1-31(2,3)25-18-16-23(17-19-25)22-35-28-14-9-8-13-27(28)34-29(35)15-5-4-10-20-33-30(36)21-24-11-6-7-12-26(24)32/h6-9,11-14,16-19H,4-5,10,15,20-22H2,1-3H3,(H,33,36). The molecule has 0 aliphatic rings. The van der Waals surface area contributed by atoms with Gasteiger partial charge >= 0.3 is 0 Å². The number of hydrogen-bond donors (Lipinski definition) is 1. The first-order valence-corrected chi connectivity index (χ1v) is 13.2. The molecule has 0 bridgehead atoms. The molecule has 188 valence electrons. The zero-order chi connectivity index (χ0) is 25.5. The fourth-order valence-corrected chi connectivity index (χ4v) is 4.68. The van der Waals surface area contributed by atoms with E-state index in [1.54, 1.807) is 0 Å². The van der Waals surface area contributed by atoms with Crippen LogP contribution >= 0.6 is 11.6 Å². The summed E-state index contributed by atoms with van der Waals surface area (Å²) in [6, 6.07) is 24.8. The van der Waals surface area contributed by atoms with Gasteiger partial charge in [-0.15, -0.1) is 0 Å². The molecular weight excluding hydrogens is 466 g/mol. The minimum absolute atomic E-state index is 0.0161. The number of benzene rings is 3. The highest BCUT2D eigenvalue weighted by molar-refractivity contribution is 6.31. The van der Waals surface area contributed by atoms with Crippen LogP contribution in [0, 0.1) is 0 Å². The lowest BCUT2D eigenvalue weighted by atomic mass is 9.87. The molecular formula is C31H36ClN3O. The van der Waals surface area contributed by atoms with E-state index in [0.29, 0.717) is 18.0 Å². The highest BCUT2D eigenvalue weighted by Gasteiger charge is 2.14. The number of hydrogen-bond acceptors (Lipinski definition) is 2. The fraction of sp³-hybridized carbons (Fsp3) is 0.355. The number of rotatable bonds is 10. The number of amides is 1. The molecule has 0 aliphatic carbocycles. The van der Waals surface area contributed by atoms with E-state index in [0.717, 1.165) is 49.1 Å². The predicted octanol–water partition coefficient (Wildman–Crippen LogP) is 7.11. The molecule has 5 heteroatoms. The maximum atomic E-state index is 12.2. The van der Waals surface area contributed by atoms with Crippen molar-refractivity contribution in [1.82, 2.24) is 14.9 Å². The third-order valence-corrected chi connectivity index (χ3v) is 6.97. The summed E-state index contributed by atoms with van der Waals surface area (Å²) < 4.78 is 2.35.